The Kier molecular flexibility index (Phi) is 6.29. The van der Waals surface area contributed by atoms with Gasteiger partial charge in [-0.2, -0.15) is 0 Å². The fourth-order valence-electron chi connectivity index (χ4n) is 3.48. The van der Waals surface area contributed by atoms with Crippen molar-refractivity contribution >= 4 is 0 Å². The van der Waals surface area contributed by atoms with Crippen LogP contribution < -0.4 is 5.32 Å². The lowest BCUT2D eigenvalue weighted by Crippen LogP contribution is -2.37. The highest BCUT2D eigenvalue weighted by molar-refractivity contribution is 5.19. The molecule has 0 heterocycles. The molecule has 1 atom stereocenters. The Morgan fingerprint density at radius 3 is 2.38 bits per heavy atom. The highest BCUT2D eigenvalue weighted by Crippen LogP contribution is 2.36. The molecule has 1 saturated carbocycles. The van der Waals surface area contributed by atoms with Gasteiger partial charge in [-0.25, -0.2) is 0 Å². The van der Waals surface area contributed by atoms with E-state index in [-0.39, 0.29) is 0 Å². The number of benzene rings is 1. The van der Waals surface area contributed by atoms with Gasteiger partial charge in [0.25, 0.3) is 0 Å². The van der Waals surface area contributed by atoms with E-state index in [1.165, 1.54) is 56.9 Å². The van der Waals surface area contributed by atoms with Crippen LogP contribution in [0, 0.1) is 5.41 Å². The van der Waals surface area contributed by atoms with Crippen LogP contribution in [0.1, 0.15) is 83.7 Å². The van der Waals surface area contributed by atoms with Crippen LogP contribution >= 0.6 is 0 Å². The van der Waals surface area contributed by atoms with Crippen LogP contribution in [0.5, 0.6) is 0 Å². The molecule has 0 spiro atoms. The summed E-state index contributed by atoms with van der Waals surface area (Å²) in [6.45, 7) is 7.12. The zero-order valence-electron chi connectivity index (χ0n) is 14.2. The van der Waals surface area contributed by atoms with Crippen LogP contribution in [-0.2, 0) is 0 Å². The largest absolute Gasteiger partial charge is 0.307 e. The Morgan fingerprint density at radius 2 is 1.76 bits per heavy atom. The van der Waals surface area contributed by atoms with Crippen LogP contribution in [0.3, 0.4) is 0 Å². The van der Waals surface area contributed by atoms with E-state index in [1.54, 1.807) is 0 Å². The monoisotopic (exact) mass is 287 g/mol. The minimum atomic E-state index is 0.545. The van der Waals surface area contributed by atoms with Crippen molar-refractivity contribution in [2.45, 2.75) is 84.2 Å². The summed E-state index contributed by atoms with van der Waals surface area (Å²) in [6.07, 6.45) is 10.7. The van der Waals surface area contributed by atoms with Gasteiger partial charge in [-0.1, -0.05) is 70.4 Å². The summed E-state index contributed by atoms with van der Waals surface area (Å²) in [5.41, 5.74) is 2.03. The average Bonchev–Trinajstić information content (AvgIpc) is 2.49. The zero-order valence-corrected chi connectivity index (χ0v) is 14.2. The number of rotatable bonds is 7. The second-order valence-corrected chi connectivity index (χ2v) is 7.56. The summed E-state index contributed by atoms with van der Waals surface area (Å²) in [5.74, 6) is 0. The van der Waals surface area contributed by atoms with Gasteiger partial charge >= 0.3 is 0 Å². The minimum absolute atomic E-state index is 0.545. The lowest BCUT2D eigenvalue weighted by atomic mass is 9.75. The van der Waals surface area contributed by atoms with Crippen LogP contribution in [0.15, 0.2) is 30.3 Å². The van der Waals surface area contributed by atoms with Crippen molar-refractivity contribution in [1.82, 2.24) is 5.32 Å². The predicted molar refractivity (Wildman–Crippen MR) is 92.5 cm³/mol. The Hall–Kier alpha value is -0.820. The molecule has 1 aromatic carbocycles. The van der Waals surface area contributed by atoms with Crippen molar-refractivity contribution in [1.29, 1.82) is 0 Å². The molecule has 0 bridgehead atoms. The summed E-state index contributed by atoms with van der Waals surface area (Å²) in [5, 5.41) is 3.97. The number of hydrogen-bond donors (Lipinski definition) is 1. The molecule has 0 saturated heterocycles. The molecule has 21 heavy (non-hydrogen) atoms. The summed E-state index contributed by atoms with van der Waals surface area (Å²) in [4.78, 5) is 0. The molecular formula is C20H33N. The molecule has 1 nitrogen and oxygen atoms in total. The molecule has 1 aliphatic rings. The van der Waals surface area contributed by atoms with Crippen molar-refractivity contribution in [3.63, 3.8) is 0 Å². The fourth-order valence-corrected chi connectivity index (χ4v) is 3.48. The van der Waals surface area contributed by atoms with Crippen LogP contribution in [-0.4, -0.2) is 6.04 Å². The SMILES string of the molecule is CCCCCC(NC1CCC(C)(C)CC1)c1ccccc1. The lowest BCUT2D eigenvalue weighted by molar-refractivity contribution is 0.196. The first-order valence-corrected chi connectivity index (χ1v) is 8.92. The predicted octanol–water partition coefficient (Wildman–Crippen LogP) is 5.87. The molecule has 1 heteroatoms. The van der Waals surface area contributed by atoms with Gasteiger partial charge in [0.2, 0.25) is 0 Å². The summed E-state index contributed by atoms with van der Waals surface area (Å²) >= 11 is 0. The molecule has 1 unspecified atom stereocenters. The van der Waals surface area contributed by atoms with E-state index in [9.17, 15) is 0 Å². The third-order valence-corrected chi connectivity index (χ3v) is 5.07. The zero-order chi connectivity index (χ0) is 15.1. The first-order valence-electron chi connectivity index (χ1n) is 8.92. The van der Waals surface area contributed by atoms with Gasteiger partial charge in [0.05, 0.1) is 0 Å². The van der Waals surface area contributed by atoms with E-state index in [0.29, 0.717) is 17.5 Å². The van der Waals surface area contributed by atoms with Crippen molar-refractivity contribution in [3.8, 4) is 0 Å². The minimum Gasteiger partial charge on any atom is -0.307 e. The van der Waals surface area contributed by atoms with Crippen LogP contribution in [0.25, 0.3) is 0 Å². The molecular weight excluding hydrogens is 254 g/mol. The first kappa shape index (κ1) is 16.5. The highest BCUT2D eigenvalue weighted by atomic mass is 15.0. The molecule has 1 fully saturated rings. The molecule has 0 aliphatic heterocycles. The topological polar surface area (TPSA) is 12.0 Å². The first-order chi connectivity index (χ1) is 10.1. The Balaban J connectivity index is 1.93. The maximum absolute atomic E-state index is 3.97. The van der Waals surface area contributed by atoms with E-state index >= 15 is 0 Å². The molecule has 0 aromatic heterocycles. The van der Waals surface area contributed by atoms with Gasteiger partial charge in [0, 0.05) is 12.1 Å². The third kappa shape index (κ3) is 5.47. The molecule has 2 rings (SSSR count). The Morgan fingerprint density at radius 1 is 1.10 bits per heavy atom. The van der Waals surface area contributed by atoms with E-state index in [4.69, 9.17) is 0 Å². The average molecular weight is 287 g/mol. The van der Waals surface area contributed by atoms with E-state index in [0.717, 1.165) is 0 Å². The number of unbranched alkanes of at least 4 members (excludes halogenated alkanes) is 2. The molecule has 0 amide bonds. The fraction of sp³-hybridized carbons (Fsp3) is 0.700. The summed E-state index contributed by atoms with van der Waals surface area (Å²) < 4.78 is 0. The van der Waals surface area contributed by atoms with Gasteiger partial charge in [-0.05, 0) is 43.1 Å². The van der Waals surface area contributed by atoms with E-state index < -0.39 is 0 Å². The molecule has 1 aromatic rings. The van der Waals surface area contributed by atoms with Crippen molar-refractivity contribution in [2.24, 2.45) is 5.41 Å². The smallest absolute Gasteiger partial charge is 0.0322 e. The van der Waals surface area contributed by atoms with Gasteiger partial charge in [0.1, 0.15) is 0 Å². The van der Waals surface area contributed by atoms with Crippen LogP contribution in [0.4, 0.5) is 0 Å². The van der Waals surface area contributed by atoms with E-state index in [1.807, 2.05) is 0 Å². The Bertz CT molecular complexity index is 386. The lowest BCUT2D eigenvalue weighted by Gasteiger charge is -2.36. The van der Waals surface area contributed by atoms with Crippen molar-refractivity contribution in [2.75, 3.05) is 0 Å². The van der Waals surface area contributed by atoms with Gasteiger partial charge in [0.15, 0.2) is 0 Å². The Labute approximate surface area is 131 Å². The van der Waals surface area contributed by atoms with E-state index in [2.05, 4.69) is 56.4 Å². The number of hydrogen-bond acceptors (Lipinski definition) is 1. The van der Waals surface area contributed by atoms with Gasteiger partial charge < -0.3 is 5.32 Å². The van der Waals surface area contributed by atoms with Crippen molar-refractivity contribution in [3.05, 3.63) is 35.9 Å². The molecule has 1 aliphatic carbocycles. The second-order valence-electron chi connectivity index (χ2n) is 7.56. The number of nitrogens with one attached hydrogen (secondary N) is 1. The van der Waals surface area contributed by atoms with Crippen molar-refractivity contribution < 1.29 is 0 Å². The molecule has 1 N–H and O–H groups in total. The quantitative estimate of drug-likeness (QED) is 0.619. The summed E-state index contributed by atoms with van der Waals surface area (Å²) in [6, 6.07) is 12.3. The molecule has 0 radical (unpaired) electrons. The third-order valence-electron chi connectivity index (χ3n) is 5.07. The second kappa shape index (κ2) is 7.98. The van der Waals surface area contributed by atoms with Crippen LogP contribution in [0.2, 0.25) is 0 Å². The maximum Gasteiger partial charge on any atom is 0.0322 e. The molecule has 118 valence electrons. The maximum atomic E-state index is 3.97. The standard InChI is InChI=1S/C20H33N/c1-4-5-7-12-19(17-10-8-6-9-11-17)21-18-13-15-20(2,3)16-14-18/h6,8-11,18-19,21H,4-5,7,12-16H2,1-3H3. The van der Waals surface area contributed by atoms with Gasteiger partial charge in [-0.15, -0.1) is 0 Å². The van der Waals surface area contributed by atoms with Gasteiger partial charge in [-0.3, -0.25) is 0 Å². The normalized spacial score (nSPS) is 20.3. The highest BCUT2D eigenvalue weighted by Gasteiger charge is 2.28. The summed E-state index contributed by atoms with van der Waals surface area (Å²) in [7, 11) is 0.